The smallest absolute Gasteiger partial charge is 0.409 e. The first kappa shape index (κ1) is 18.5. The van der Waals surface area contributed by atoms with E-state index in [0.717, 1.165) is 11.1 Å². The third-order valence-electron chi connectivity index (χ3n) is 3.87. The first-order valence-electron chi connectivity index (χ1n) is 8.26. The van der Waals surface area contributed by atoms with Gasteiger partial charge in [0.05, 0.1) is 0 Å². The monoisotopic (exact) mass is 340 g/mol. The lowest BCUT2D eigenvalue weighted by Gasteiger charge is -2.20. The summed E-state index contributed by atoms with van der Waals surface area (Å²) in [4.78, 5) is 27.3. The van der Waals surface area contributed by atoms with Crippen molar-refractivity contribution in [2.75, 3.05) is 20.6 Å². The van der Waals surface area contributed by atoms with Gasteiger partial charge >= 0.3 is 6.09 Å². The van der Waals surface area contributed by atoms with Crippen LogP contribution >= 0.6 is 0 Å². The summed E-state index contributed by atoms with van der Waals surface area (Å²) in [5.41, 5.74) is 2.01. The Balaban J connectivity index is 1.71. The van der Waals surface area contributed by atoms with Gasteiger partial charge in [-0.15, -0.1) is 0 Å². The van der Waals surface area contributed by atoms with E-state index in [9.17, 15) is 9.59 Å². The average Bonchev–Trinajstić information content (AvgIpc) is 2.65. The normalized spacial score (nSPS) is 10.2. The van der Waals surface area contributed by atoms with Crippen molar-refractivity contribution in [3.63, 3.8) is 0 Å². The first-order valence-corrected chi connectivity index (χ1v) is 8.26. The fourth-order valence-electron chi connectivity index (χ4n) is 2.32. The zero-order valence-corrected chi connectivity index (χ0v) is 14.7. The van der Waals surface area contributed by atoms with Crippen LogP contribution in [0.15, 0.2) is 60.7 Å². The quantitative estimate of drug-likeness (QED) is 0.777. The number of carbonyl (C=O) groups excluding carboxylic acids is 2. The van der Waals surface area contributed by atoms with Gasteiger partial charge in [0.2, 0.25) is 5.91 Å². The van der Waals surface area contributed by atoms with E-state index < -0.39 is 6.09 Å². The van der Waals surface area contributed by atoms with Crippen LogP contribution < -0.4 is 0 Å². The molecule has 2 aromatic rings. The minimum absolute atomic E-state index is 0.00781. The SMILES string of the molecule is CN(Cc1ccccc1)C(=O)CCN(C)C(=O)OCc1ccccc1. The van der Waals surface area contributed by atoms with E-state index in [4.69, 9.17) is 4.74 Å². The van der Waals surface area contributed by atoms with E-state index >= 15 is 0 Å². The number of amides is 2. The Labute approximate surface area is 148 Å². The topological polar surface area (TPSA) is 49.9 Å². The predicted molar refractivity (Wildman–Crippen MR) is 96.8 cm³/mol. The molecule has 0 aliphatic heterocycles. The first-order chi connectivity index (χ1) is 12.1. The molecule has 0 unspecified atom stereocenters. The molecule has 0 aliphatic rings. The van der Waals surface area contributed by atoms with Crippen molar-refractivity contribution in [1.29, 1.82) is 0 Å². The second-order valence-corrected chi connectivity index (χ2v) is 5.95. The van der Waals surface area contributed by atoms with Gasteiger partial charge in [0, 0.05) is 33.6 Å². The van der Waals surface area contributed by atoms with E-state index in [-0.39, 0.29) is 18.9 Å². The molecule has 0 spiro atoms. The van der Waals surface area contributed by atoms with Gasteiger partial charge in [-0.2, -0.15) is 0 Å². The van der Waals surface area contributed by atoms with E-state index in [2.05, 4.69) is 0 Å². The highest BCUT2D eigenvalue weighted by molar-refractivity contribution is 5.77. The van der Waals surface area contributed by atoms with Gasteiger partial charge in [0.1, 0.15) is 6.61 Å². The van der Waals surface area contributed by atoms with Crippen molar-refractivity contribution in [2.24, 2.45) is 0 Å². The standard InChI is InChI=1S/C20H24N2O3/c1-21(20(24)25-16-18-11-7-4-8-12-18)14-13-19(23)22(2)15-17-9-5-3-6-10-17/h3-12H,13-16H2,1-2H3. The summed E-state index contributed by atoms with van der Waals surface area (Å²) in [6.07, 6.45) is -0.164. The largest absolute Gasteiger partial charge is 0.445 e. The highest BCUT2D eigenvalue weighted by Gasteiger charge is 2.14. The molecule has 0 saturated heterocycles. The van der Waals surface area contributed by atoms with Crippen molar-refractivity contribution >= 4 is 12.0 Å². The van der Waals surface area contributed by atoms with Crippen LogP contribution in [0, 0.1) is 0 Å². The summed E-state index contributed by atoms with van der Waals surface area (Å²) < 4.78 is 5.24. The summed E-state index contributed by atoms with van der Waals surface area (Å²) in [5.74, 6) is -0.00781. The molecule has 0 saturated carbocycles. The van der Waals surface area contributed by atoms with E-state index in [0.29, 0.717) is 13.1 Å². The summed E-state index contributed by atoms with van der Waals surface area (Å²) in [5, 5.41) is 0. The van der Waals surface area contributed by atoms with Crippen molar-refractivity contribution < 1.29 is 14.3 Å². The maximum atomic E-state index is 12.2. The van der Waals surface area contributed by atoms with Crippen molar-refractivity contribution in [3.8, 4) is 0 Å². The maximum Gasteiger partial charge on any atom is 0.409 e. The van der Waals surface area contributed by atoms with E-state index in [1.807, 2.05) is 60.7 Å². The zero-order valence-electron chi connectivity index (χ0n) is 14.7. The van der Waals surface area contributed by atoms with Gasteiger partial charge in [0.15, 0.2) is 0 Å². The Morgan fingerprint density at radius 2 is 1.40 bits per heavy atom. The second kappa shape index (κ2) is 9.47. The molecule has 2 amide bonds. The van der Waals surface area contributed by atoms with Crippen LogP contribution in [0.4, 0.5) is 4.79 Å². The van der Waals surface area contributed by atoms with Crippen LogP contribution in [-0.4, -0.2) is 42.4 Å². The molecule has 0 heterocycles. The maximum absolute atomic E-state index is 12.2. The van der Waals surface area contributed by atoms with Gasteiger partial charge in [-0.25, -0.2) is 4.79 Å². The number of carbonyl (C=O) groups is 2. The molecule has 0 bridgehead atoms. The minimum Gasteiger partial charge on any atom is -0.445 e. The Morgan fingerprint density at radius 3 is 2.00 bits per heavy atom. The zero-order chi connectivity index (χ0) is 18.1. The number of ether oxygens (including phenoxy) is 1. The van der Waals surface area contributed by atoms with Gasteiger partial charge < -0.3 is 14.5 Å². The van der Waals surface area contributed by atoms with Gasteiger partial charge in [-0.1, -0.05) is 60.7 Å². The van der Waals surface area contributed by atoms with Crippen molar-refractivity contribution in [1.82, 2.24) is 9.80 Å². The molecule has 2 aromatic carbocycles. The Kier molecular flexibility index (Phi) is 7.01. The van der Waals surface area contributed by atoms with E-state index in [1.54, 1.807) is 19.0 Å². The molecule has 5 heteroatoms. The van der Waals surface area contributed by atoms with Gasteiger partial charge in [0.25, 0.3) is 0 Å². The number of rotatable bonds is 7. The predicted octanol–water partition coefficient (Wildman–Crippen LogP) is 3.30. The number of hydrogen-bond acceptors (Lipinski definition) is 3. The van der Waals surface area contributed by atoms with Crippen LogP contribution in [0.25, 0.3) is 0 Å². The molecule has 0 aromatic heterocycles. The van der Waals surface area contributed by atoms with Crippen LogP contribution in [0.1, 0.15) is 17.5 Å². The van der Waals surface area contributed by atoms with E-state index in [1.165, 1.54) is 4.90 Å². The molecule has 5 nitrogen and oxygen atoms in total. The molecule has 0 atom stereocenters. The third kappa shape index (κ3) is 6.30. The molecule has 132 valence electrons. The fraction of sp³-hybridized carbons (Fsp3) is 0.300. The molecule has 25 heavy (non-hydrogen) atoms. The van der Waals surface area contributed by atoms with Crippen LogP contribution in [-0.2, 0) is 22.7 Å². The molecule has 0 fully saturated rings. The number of benzene rings is 2. The summed E-state index contributed by atoms with van der Waals surface area (Å²) in [7, 11) is 3.40. The lowest BCUT2D eigenvalue weighted by Crippen LogP contribution is -2.33. The summed E-state index contributed by atoms with van der Waals surface area (Å²) >= 11 is 0. The van der Waals surface area contributed by atoms with Crippen LogP contribution in [0.3, 0.4) is 0 Å². The molecular weight excluding hydrogens is 316 g/mol. The molecular formula is C20H24N2O3. The van der Waals surface area contributed by atoms with Gasteiger partial charge in [-0.05, 0) is 11.1 Å². The van der Waals surface area contributed by atoms with Crippen LogP contribution in [0.2, 0.25) is 0 Å². The fourth-order valence-corrected chi connectivity index (χ4v) is 2.32. The molecule has 0 aliphatic carbocycles. The highest BCUT2D eigenvalue weighted by Crippen LogP contribution is 2.06. The highest BCUT2D eigenvalue weighted by atomic mass is 16.6. The lowest BCUT2D eigenvalue weighted by atomic mass is 10.2. The Hall–Kier alpha value is -2.82. The Bertz CT molecular complexity index is 674. The summed E-state index contributed by atoms with van der Waals surface area (Å²) in [6.45, 7) is 1.11. The molecule has 2 rings (SSSR count). The second-order valence-electron chi connectivity index (χ2n) is 5.95. The van der Waals surface area contributed by atoms with Crippen LogP contribution in [0.5, 0.6) is 0 Å². The lowest BCUT2D eigenvalue weighted by molar-refractivity contribution is -0.130. The van der Waals surface area contributed by atoms with Gasteiger partial charge in [-0.3, -0.25) is 4.79 Å². The summed E-state index contributed by atoms with van der Waals surface area (Å²) in [6, 6.07) is 19.3. The van der Waals surface area contributed by atoms with Crippen molar-refractivity contribution in [3.05, 3.63) is 71.8 Å². The minimum atomic E-state index is -0.428. The van der Waals surface area contributed by atoms with Crippen molar-refractivity contribution in [2.45, 2.75) is 19.6 Å². The Morgan fingerprint density at radius 1 is 0.840 bits per heavy atom. The molecule has 0 radical (unpaired) electrons. The average molecular weight is 340 g/mol. The number of hydrogen-bond donors (Lipinski definition) is 0. The third-order valence-corrected chi connectivity index (χ3v) is 3.87. The molecule has 0 N–H and O–H groups in total. The number of nitrogens with zero attached hydrogens (tertiary/aromatic N) is 2.